The molecule has 0 spiro atoms. The van der Waals surface area contributed by atoms with E-state index in [4.69, 9.17) is 0 Å². The molecule has 1 aromatic carbocycles. The Morgan fingerprint density at radius 3 is 2.72 bits per heavy atom. The van der Waals surface area contributed by atoms with E-state index in [1.165, 1.54) is 29.8 Å². The maximum Gasteiger partial charge on any atom is 0.262 e. The summed E-state index contributed by atoms with van der Waals surface area (Å²) in [5.41, 5.74) is 1.34. The van der Waals surface area contributed by atoms with Crippen LogP contribution in [-0.4, -0.2) is 15.5 Å². The molecule has 1 amide bonds. The van der Waals surface area contributed by atoms with Crippen LogP contribution in [-0.2, 0) is 13.1 Å². The molecule has 130 valence electrons. The number of benzene rings is 1. The summed E-state index contributed by atoms with van der Waals surface area (Å²) in [6.07, 6.45) is 2.37. The summed E-state index contributed by atoms with van der Waals surface area (Å²) in [5.74, 6) is -0.573. The molecule has 2 aromatic heterocycles. The molecule has 0 saturated heterocycles. The van der Waals surface area contributed by atoms with E-state index < -0.39 is 0 Å². The standard InChI is InChI=1S/C18H18FN3O2S/c1-3-8-22-10-21-17-14(18(22)24)11(2)15(25-17)16(23)20-9-12-4-6-13(19)7-5-12/h4-7,10H,3,8-9H2,1-2H3,(H,20,23). The van der Waals surface area contributed by atoms with Gasteiger partial charge in [-0.1, -0.05) is 19.1 Å². The van der Waals surface area contributed by atoms with E-state index >= 15 is 0 Å². The van der Waals surface area contributed by atoms with Gasteiger partial charge in [0.05, 0.1) is 16.6 Å². The van der Waals surface area contributed by atoms with Crippen LogP contribution in [0.15, 0.2) is 35.4 Å². The summed E-state index contributed by atoms with van der Waals surface area (Å²) in [6.45, 7) is 4.65. The zero-order chi connectivity index (χ0) is 18.0. The van der Waals surface area contributed by atoms with Crippen molar-refractivity contribution in [1.29, 1.82) is 0 Å². The van der Waals surface area contributed by atoms with Crippen LogP contribution in [0.3, 0.4) is 0 Å². The first-order chi connectivity index (χ1) is 12.0. The van der Waals surface area contributed by atoms with Gasteiger partial charge in [-0.05, 0) is 36.6 Å². The van der Waals surface area contributed by atoms with Gasteiger partial charge in [0.25, 0.3) is 11.5 Å². The first kappa shape index (κ1) is 17.3. The van der Waals surface area contributed by atoms with Crippen LogP contribution in [0.1, 0.15) is 34.1 Å². The quantitative estimate of drug-likeness (QED) is 0.761. The van der Waals surface area contributed by atoms with Gasteiger partial charge >= 0.3 is 0 Å². The van der Waals surface area contributed by atoms with Gasteiger partial charge in [0.15, 0.2) is 0 Å². The van der Waals surface area contributed by atoms with Gasteiger partial charge in [0.2, 0.25) is 0 Å². The van der Waals surface area contributed by atoms with E-state index in [-0.39, 0.29) is 17.3 Å². The number of nitrogens with one attached hydrogen (secondary N) is 1. The van der Waals surface area contributed by atoms with Crippen molar-refractivity contribution in [3.8, 4) is 0 Å². The van der Waals surface area contributed by atoms with Crippen molar-refractivity contribution in [3.05, 3.63) is 62.8 Å². The molecule has 25 heavy (non-hydrogen) atoms. The Bertz CT molecular complexity index is 976. The minimum Gasteiger partial charge on any atom is -0.347 e. The van der Waals surface area contributed by atoms with Gasteiger partial charge < -0.3 is 5.32 Å². The van der Waals surface area contributed by atoms with Gasteiger partial charge in [-0.25, -0.2) is 9.37 Å². The van der Waals surface area contributed by atoms with Crippen molar-refractivity contribution in [3.63, 3.8) is 0 Å². The van der Waals surface area contributed by atoms with Crippen molar-refractivity contribution < 1.29 is 9.18 Å². The number of hydrogen-bond donors (Lipinski definition) is 1. The molecule has 0 aliphatic heterocycles. The summed E-state index contributed by atoms with van der Waals surface area (Å²) in [7, 11) is 0. The molecule has 0 unspecified atom stereocenters. The highest BCUT2D eigenvalue weighted by Gasteiger charge is 2.19. The van der Waals surface area contributed by atoms with E-state index in [1.807, 2.05) is 6.92 Å². The molecule has 5 nitrogen and oxygen atoms in total. The Balaban J connectivity index is 1.86. The van der Waals surface area contributed by atoms with Crippen molar-refractivity contribution in [2.75, 3.05) is 0 Å². The maximum atomic E-state index is 12.9. The topological polar surface area (TPSA) is 64.0 Å². The summed E-state index contributed by atoms with van der Waals surface area (Å²) in [5, 5.41) is 3.32. The molecule has 0 atom stereocenters. The lowest BCUT2D eigenvalue weighted by Crippen LogP contribution is -2.23. The number of halogens is 1. The predicted molar refractivity (Wildman–Crippen MR) is 96.5 cm³/mol. The minimum absolute atomic E-state index is 0.113. The highest BCUT2D eigenvalue weighted by molar-refractivity contribution is 7.20. The Kier molecular flexibility index (Phi) is 4.94. The fourth-order valence-electron chi connectivity index (χ4n) is 2.64. The third-order valence-electron chi connectivity index (χ3n) is 3.95. The average Bonchev–Trinajstić information content (AvgIpc) is 2.94. The molecule has 3 rings (SSSR count). The molecule has 0 fully saturated rings. The Morgan fingerprint density at radius 2 is 2.04 bits per heavy atom. The molecule has 0 radical (unpaired) electrons. The smallest absolute Gasteiger partial charge is 0.262 e. The second kappa shape index (κ2) is 7.14. The summed E-state index contributed by atoms with van der Waals surface area (Å²) >= 11 is 1.21. The Labute approximate surface area is 148 Å². The third-order valence-corrected chi connectivity index (χ3v) is 5.15. The van der Waals surface area contributed by atoms with Gasteiger partial charge in [-0.3, -0.25) is 14.2 Å². The molecule has 7 heteroatoms. The van der Waals surface area contributed by atoms with Crippen LogP contribution in [0.5, 0.6) is 0 Å². The largest absolute Gasteiger partial charge is 0.347 e. The number of thiophene rings is 1. The molecule has 2 heterocycles. The Morgan fingerprint density at radius 1 is 1.32 bits per heavy atom. The second-order valence-electron chi connectivity index (χ2n) is 5.79. The van der Waals surface area contributed by atoms with Crippen LogP contribution in [0.25, 0.3) is 10.2 Å². The lowest BCUT2D eigenvalue weighted by molar-refractivity contribution is 0.0954. The molecule has 0 saturated carbocycles. The number of aromatic nitrogens is 2. The Hall–Kier alpha value is -2.54. The predicted octanol–water partition coefficient (Wildman–Crippen LogP) is 3.25. The third kappa shape index (κ3) is 3.46. The van der Waals surface area contributed by atoms with E-state index in [0.717, 1.165) is 12.0 Å². The van der Waals surface area contributed by atoms with Crippen LogP contribution >= 0.6 is 11.3 Å². The number of amides is 1. The number of carbonyl (C=O) groups excluding carboxylic acids is 1. The molecule has 3 aromatic rings. The van der Waals surface area contributed by atoms with Crippen molar-refractivity contribution >= 4 is 27.5 Å². The number of aryl methyl sites for hydroxylation is 2. The SMILES string of the molecule is CCCn1cnc2sc(C(=O)NCc3ccc(F)cc3)c(C)c2c1=O. The van der Waals surface area contributed by atoms with Crippen molar-refractivity contribution in [2.24, 2.45) is 0 Å². The number of fused-ring (bicyclic) bond motifs is 1. The fraction of sp³-hybridized carbons (Fsp3) is 0.278. The summed E-state index contributed by atoms with van der Waals surface area (Å²) < 4.78 is 14.5. The second-order valence-corrected chi connectivity index (χ2v) is 6.79. The number of hydrogen-bond acceptors (Lipinski definition) is 4. The van der Waals surface area contributed by atoms with Gasteiger partial charge in [0.1, 0.15) is 10.6 Å². The molecule has 0 aliphatic carbocycles. The van der Waals surface area contributed by atoms with E-state index in [0.29, 0.717) is 33.7 Å². The first-order valence-corrected chi connectivity index (χ1v) is 8.84. The normalized spacial score (nSPS) is 11.0. The first-order valence-electron chi connectivity index (χ1n) is 8.02. The van der Waals surface area contributed by atoms with Crippen LogP contribution < -0.4 is 10.9 Å². The van der Waals surface area contributed by atoms with Crippen LogP contribution in [0.2, 0.25) is 0 Å². The summed E-state index contributed by atoms with van der Waals surface area (Å²) in [6, 6.07) is 5.95. The van der Waals surface area contributed by atoms with Crippen molar-refractivity contribution in [2.45, 2.75) is 33.4 Å². The van der Waals surface area contributed by atoms with Gasteiger partial charge in [0, 0.05) is 13.1 Å². The number of rotatable bonds is 5. The van der Waals surface area contributed by atoms with E-state index in [2.05, 4.69) is 10.3 Å². The minimum atomic E-state index is -0.315. The molecule has 0 aliphatic rings. The highest BCUT2D eigenvalue weighted by Crippen LogP contribution is 2.26. The van der Waals surface area contributed by atoms with Crippen LogP contribution in [0.4, 0.5) is 4.39 Å². The van der Waals surface area contributed by atoms with Gasteiger partial charge in [-0.15, -0.1) is 11.3 Å². The zero-order valence-electron chi connectivity index (χ0n) is 14.0. The zero-order valence-corrected chi connectivity index (χ0v) is 14.8. The lowest BCUT2D eigenvalue weighted by Gasteiger charge is -2.05. The molecular weight excluding hydrogens is 341 g/mol. The van der Waals surface area contributed by atoms with E-state index in [9.17, 15) is 14.0 Å². The molecule has 1 N–H and O–H groups in total. The van der Waals surface area contributed by atoms with Crippen molar-refractivity contribution in [1.82, 2.24) is 14.9 Å². The number of nitrogens with zero attached hydrogens (tertiary/aromatic N) is 2. The maximum absolute atomic E-state index is 12.9. The molecule has 0 bridgehead atoms. The highest BCUT2D eigenvalue weighted by atomic mass is 32.1. The molecular formula is C18H18FN3O2S. The van der Waals surface area contributed by atoms with Crippen LogP contribution in [0, 0.1) is 12.7 Å². The van der Waals surface area contributed by atoms with Gasteiger partial charge in [-0.2, -0.15) is 0 Å². The average molecular weight is 359 g/mol. The lowest BCUT2D eigenvalue weighted by atomic mass is 10.2. The van der Waals surface area contributed by atoms with E-state index in [1.54, 1.807) is 23.6 Å². The summed E-state index contributed by atoms with van der Waals surface area (Å²) in [4.78, 5) is 30.4. The monoisotopic (exact) mass is 359 g/mol. The number of carbonyl (C=O) groups is 1. The fourth-order valence-corrected chi connectivity index (χ4v) is 3.70.